The van der Waals surface area contributed by atoms with Crippen molar-refractivity contribution in [2.75, 3.05) is 6.61 Å². The molecule has 2 heterocycles. The van der Waals surface area contributed by atoms with Crippen LogP contribution < -0.4 is 10.6 Å². The predicted molar refractivity (Wildman–Crippen MR) is 126 cm³/mol. The maximum atomic E-state index is 13.6. The van der Waals surface area contributed by atoms with E-state index in [9.17, 15) is 19.5 Å². The summed E-state index contributed by atoms with van der Waals surface area (Å²) in [5, 5.41) is 15.2. The minimum Gasteiger partial charge on any atom is -0.394 e. The van der Waals surface area contributed by atoms with Crippen molar-refractivity contribution in [3.63, 3.8) is 0 Å². The van der Waals surface area contributed by atoms with E-state index in [0.717, 1.165) is 5.56 Å². The van der Waals surface area contributed by atoms with Gasteiger partial charge in [0, 0.05) is 10.3 Å². The molecule has 1 saturated heterocycles. The van der Waals surface area contributed by atoms with Crippen LogP contribution in [0.1, 0.15) is 69.3 Å². The third-order valence-electron chi connectivity index (χ3n) is 6.67. The molecule has 0 bridgehead atoms. The minimum atomic E-state index is -0.750. The third kappa shape index (κ3) is 4.39. The van der Waals surface area contributed by atoms with E-state index in [1.54, 1.807) is 22.7 Å². The van der Waals surface area contributed by atoms with Crippen molar-refractivity contribution in [2.45, 2.75) is 76.2 Å². The highest BCUT2D eigenvalue weighted by molar-refractivity contribution is 8.01. The first-order chi connectivity index (χ1) is 15.0. The first-order valence-corrected chi connectivity index (χ1v) is 12.2. The van der Waals surface area contributed by atoms with Crippen molar-refractivity contribution in [2.24, 2.45) is 11.8 Å². The van der Waals surface area contributed by atoms with Crippen molar-refractivity contribution < 1.29 is 19.5 Å². The van der Waals surface area contributed by atoms with E-state index in [2.05, 4.69) is 10.6 Å². The van der Waals surface area contributed by atoms with Gasteiger partial charge in [-0.15, -0.1) is 11.8 Å². The SMILES string of the molecule is CC[C@H](C)[C@H](NC(=O)[C@@H]1N2C(=O)c3ccccc3[C@H]2SC1(C)C)C(=O)N[C@H](CO)C(C)C. The summed E-state index contributed by atoms with van der Waals surface area (Å²) in [5.41, 5.74) is 1.57. The molecule has 1 fully saturated rings. The lowest BCUT2D eigenvalue weighted by Gasteiger charge is -2.33. The maximum absolute atomic E-state index is 13.6. The number of nitrogens with one attached hydrogen (secondary N) is 2. The lowest BCUT2D eigenvalue weighted by Crippen LogP contribution is -2.59. The lowest BCUT2D eigenvalue weighted by atomic mass is 9.95. The summed E-state index contributed by atoms with van der Waals surface area (Å²) in [6.07, 6.45) is 0.698. The molecule has 0 unspecified atom stereocenters. The third-order valence-corrected chi connectivity index (χ3v) is 8.20. The molecule has 0 aromatic heterocycles. The number of hydrogen-bond acceptors (Lipinski definition) is 5. The van der Waals surface area contributed by atoms with Gasteiger partial charge in [0.05, 0.1) is 12.6 Å². The van der Waals surface area contributed by atoms with Crippen LogP contribution in [0, 0.1) is 11.8 Å². The molecule has 2 aliphatic heterocycles. The minimum absolute atomic E-state index is 0.0592. The smallest absolute Gasteiger partial charge is 0.256 e. The fraction of sp³-hybridized carbons (Fsp3) is 0.625. The Balaban J connectivity index is 1.84. The van der Waals surface area contributed by atoms with Crippen LogP contribution in [0.4, 0.5) is 0 Å². The fourth-order valence-electron chi connectivity index (χ4n) is 4.43. The van der Waals surface area contributed by atoms with Gasteiger partial charge in [0.2, 0.25) is 11.8 Å². The van der Waals surface area contributed by atoms with E-state index >= 15 is 0 Å². The van der Waals surface area contributed by atoms with Gasteiger partial charge in [-0.2, -0.15) is 0 Å². The number of fused-ring (bicyclic) bond motifs is 3. The highest BCUT2D eigenvalue weighted by Gasteiger charge is 2.57. The van der Waals surface area contributed by atoms with Crippen molar-refractivity contribution in [1.82, 2.24) is 15.5 Å². The number of carbonyl (C=O) groups excluding carboxylic acids is 3. The predicted octanol–water partition coefficient (Wildman–Crippen LogP) is 2.70. The van der Waals surface area contributed by atoms with Gasteiger partial charge in [0.15, 0.2) is 0 Å². The molecule has 1 aromatic carbocycles. The summed E-state index contributed by atoms with van der Waals surface area (Å²) in [4.78, 5) is 41.5. The lowest BCUT2D eigenvalue weighted by molar-refractivity contribution is -0.133. The Bertz CT molecular complexity index is 888. The number of rotatable bonds is 8. The van der Waals surface area contributed by atoms with Crippen molar-refractivity contribution in [1.29, 1.82) is 0 Å². The molecule has 32 heavy (non-hydrogen) atoms. The second-order valence-corrected chi connectivity index (χ2v) is 11.4. The van der Waals surface area contributed by atoms with Gasteiger partial charge in [-0.25, -0.2) is 0 Å². The average molecular weight is 462 g/mol. The van der Waals surface area contributed by atoms with Crippen molar-refractivity contribution in [3.8, 4) is 0 Å². The van der Waals surface area contributed by atoms with Gasteiger partial charge in [-0.3, -0.25) is 14.4 Å². The average Bonchev–Trinajstić information content (AvgIpc) is 3.18. The zero-order valence-corrected chi connectivity index (χ0v) is 20.5. The van der Waals surface area contributed by atoms with E-state index < -0.39 is 16.8 Å². The summed E-state index contributed by atoms with van der Waals surface area (Å²) in [6.45, 7) is 11.5. The summed E-state index contributed by atoms with van der Waals surface area (Å²) in [5.74, 6) is -0.824. The van der Waals surface area contributed by atoms with Crippen LogP contribution >= 0.6 is 11.8 Å². The first-order valence-electron chi connectivity index (χ1n) is 11.3. The molecule has 3 N–H and O–H groups in total. The number of benzene rings is 1. The Morgan fingerprint density at radius 2 is 1.84 bits per heavy atom. The number of aliphatic hydroxyl groups excluding tert-OH is 1. The van der Waals surface area contributed by atoms with Crippen LogP contribution in [-0.2, 0) is 9.59 Å². The van der Waals surface area contributed by atoms with Crippen LogP contribution in [0.5, 0.6) is 0 Å². The number of thioether (sulfide) groups is 1. The largest absolute Gasteiger partial charge is 0.394 e. The normalized spacial score (nSPS) is 24.0. The zero-order chi connectivity index (χ0) is 23.8. The number of amides is 3. The molecule has 7 nitrogen and oxygen atoms in total. The number of nitrogens with zero attached hydrogens (tertiary/aromatic N) is 1. The molecule has 5 atom stereocenters. The second kappa shape index (κ2) is 9.43. The number of aliphatic hydroxyl groups is 1. The molecular formula is C24H35N3O4S. The molecule has 1 aromatic rings. The molecular weight excluding hydrogens is 426 g/mol. The van der Waals surface area contributed by atoms with Crippen LogP contribution in [0.2, 0.25) is 0 Å². The number of hydrogen-bond donors (Lipinski definition) is 3. The Morgan fingerprint density at radius 3 is 2.44 bits per heavy atom. The molecule has 3 rings (SSSR count). The van der Waals surface area contributed by atoms with Gasteiger partial charge >= 0.3 is 0 Å². The summed E-state index contributed by atoms with van der Waals surface area (Å²) >= 11 is 1.60. The molecule has 2 aliphatic rings. The molecule has 0 aliphatic carbocycles. The first kappa shape index (κ1) is 24.6. The Kier molecular flexibility index (Phi) is 7.25. The van der Waals surface area contributed by atoms with E-state index in [1.807, 2.05) is 59.7 Å². The van der Waals surface area contributed by atoms with Gasteiger partial charge in [-0.1, -0.05) is 52.3 Å². The fourth-order valence-corrected chi connectivity index (χ4v) is 6.02. The van der Waals surface area contributed by atoms with Crippen LogP contribution in [0.25, 0.3) is 0 Å². The second-order valence-electron chi connectivity index (χ2n) is 9.69. The molecule has 0 radical (unpaired) electrons. The maximum Gasteiger partial charge on any atom is 0.256 e. The van der Waals surface area contributed by atoms with Crippen molar-refractivity contribution in [3.05, 3.63) is 35.4 Å². The standard InChI is InChI=1S/C24H35N3O4S/c1-7-14(4)18(20(29)25-17(12-28)13(2)3)26-21(30)19-24(5,6)32-23-16-11-9-8-10-15(16)22(31)27(19)23/h8-11,13-14,17-19,23,28H,7,12H2,1-6H3,(H,25,29)(H,26,30)/t14-,17+,18-,19-,23+/m0/s1. The van der Waals surface area contributed by atoms with Gasteiger partial charge < -0.3 is 20.6 Å². The highest BCUT2D eigenvalue weighted by Crippen LogP contribution is 2.56. The van der Waals surface area contributed by atoms with E-state index in [0.29, 0.717) is 12.0 Å². The van der Waals surface area contributed by atoms with Crippen molar-refractivity contribution >= 4 is 29.5 Å². The van der Waals surface area contributed by atoms with Gasteiger partial charge in [0.1, 0.15) is 17.5 Å². The topological polar surface area (TPSA) is 98.7 Å². The summed E-state index contributed by atoms with van der Waals surface area (Å²) in [7, 11) is 0. The highest BCUT2D eigenvalue weighted by atomic mass is 32.2. The van der Waals surface area contributed by atoms with E-state index in [-0.39, 0.29) is 47.6 Å². The monoisotopic (exact) mass is 461 g/mol. The Labute approximate surface area is 194 Å². The molecule has 8 heteroatoms. The summed E-state index contributed by atoms with van der Waals surface area (Å²) < 4.78 is -0.514. The molecule has 0 spiro atoms. The summed E-state index contributed by atoms with van der Waals surface area (Å²) in [6, 6.07) is 5.65. The number of carbonyl (C=O) groups is 3. The van der Waals surface area contributed by atoms with E-state index in [1.165, 1.54) is 0 Å². The van der Waals surface area contributed by atoms with Crippen LogP contribution in [-0.4, -0.2) is 57.2 Å². The van der Waals surface area contributed by atoms with Crippen LogP contribution in [0.15, 0.2) is 24.3 Å². The molecule has 176 valence electrons. The molecule has 0 saturated carbocycles. The molecule has 3 amide bonds. The zero-order valence-electron chi connectivity index (χ0n) is 19.7. The van der Waals surface area contributed by atoms with Gasteiger partial charge in [-0.05, 0) is 37.3 Å². The van der Waals surface area contributed by atoms with Crippen LogP contribution in [0.3, 0.4) is 0 Å². The van der Waals surface area contributed by atoms with Gasteiger partial charge in [0.25, 0.3) is 5.91 Å². The Hall–Kier alpha value is -2.06. The Morgan fingerprint density at radius 1 is 1.19 bits per heavy atom. The van der Waals surface area contributed by atoms with E-state index in [4.69, 9.17) is 0 Å². The quantitative estimate of drug-likeness (QED) is 0.553.